The van der Waals surface area contributed by atoms with E-state index in [9.17, 15) is 9.18 Å². The minimum atomic E-state index is -0.317. The quantitative estimate of drug-likeness (QED) is 0.791. The Morgan fingerprint density at radius 3 is 2.64 bits per heavy atom. The highest BCUT2D eigenvalue weighted by molar-refractivity contribution is 5.78. The van der Waals surface area contributed by atoms with Crippen molar-refractivity contribution >= 4 is 5.91 Å². The lowest BCUT2D eigenvalue weighted by molar-refractivity contribution is -0.131. The van der Waals surface area contributed by atoms with Crippen LogP contribution >= 0.6 is 0 Å². The SMILES string of the molecule is O=C(CN1CCCCCC1)N1CCC(CCOc2ccccc2F)C1. The van der Waals surface area contributed by atoms with E-state index in [2.05, 4.69) is 4.90 Å². The third kappa shape index (κ3) is 5.43. The molecule has 3 rings (SSSR count). The van der Waals surface area contributed by atoms with Gasteiger partial charge in [-0.1, -0.05) is 25.0 Å². The largest absolute Gasteiger partial charge is 0.491 e. The Morgan fingerprint density at radius 2 is 1.88 bits per heavy atom. The highest BCUT2D eigenvalue weighted by Crippen LogP contribution is 2.22. The molecular formula is C20H29FN2O2. The van der Waals surface area contributed by atoms with Gasteiger partial charge in [0.2, 0.25) is 5.91 Å². The third-order valence-electron chi connectivity index (χ3n) is 5.32. The first-order valence-electron chi connectivity index (χ1n) is 9.60. The van der Waals surface area contributed by atoms with Crippen LogP contribution < -0.4 is 4.74 Å². The van der Waals surface area contributed by atoms with Gasteiger partial charge in [-0.15, -0.1) is 0 Å². The maximum absolute atomic E-state index is 13.5. The van der Waals surface area contributed by atoms with Gasteiger partial charge in [-0.05, 0) is 56.8 Å². The molecule has 25 heavy (non-hydrogen) atoms. The van der Waals surface area contributed by atoms with Gasteiger partial charge < -0.3 is 9.64 Å². The number of amides is 1. The summed E-state index contributed by atoms with van der Waals surface area (Å²) in [6.07, 6.45) is 6.89. The summed E-state index contributed by atoms with van der Waals surface area (Å²) in [6.45, 7) is 4.83. The van der Waals surface area contributed by atoms with Gasteiger partial charge in [0.25, 0.3) is 0 Å². The van der Waals surface area contributed by atoms with Gasteiger partial charge in [0.1, 0.15) is 0 Å². The van der Waals surface area contributed by atoms with E-state index in [-0.39, 0.29) is 11.7 Å². The molecule has 0 N–H and O–H groups in total. The van der Waals surface area contributed by atoms with Crippen LogP contribution in [0, 0.1) is 11.7 Å². The number of hydrogen-bond acceptors (Lipinski definition) is 3. The van der Waals surface area contributed by atoms with E-state index in [0.717, 1.165) is 39.0 Å². The molecule has 0 saturated carbocycles. The number of carbonyl (C=O) groups excluding carboxylic acids is 1. The molecule has 1 unspecified atom stereocenters. The summed E-state index contributed by atoms with van der Waals surface area (Å²) in [5, 5.41) is 0. The molecule has 0 radical (unpaired) electrons. The van der Waals surface area contributed by atoms with E-state index >= 15 is 0 Å². The Balaban J connectivity index is 1.37. The summed E-state index contributed by atoms with van der Waals surface area (Å²) in [5.74, 6) is 0.719. The third-order valence-corrected chi connectivity index (χ3v) is 5.32. The Kier molecular flexibility index (Phi) is 6.68. The summed E-state index contributed by atoms with van der Waals surface area (Å²) < 4.78 is 19.1. The lowest BCUT2D eigenvalue weighted by Gasteiger charge is -2.23. The van der Waals surface area contributed by atoms with Crippen molar-refractivity contribution in [1.82, 2.24) is 9.80 Å². The molecule has 2 aliphatic heterocycles. The van der Waals surface area contributed by atoms with Crippen LogP contribution in [0.2, 0.25) is 0 Å². The number of hydrogen-bond donors (Lipinski definition) is 0. The van der Waals surface area contributed by atoms with Crippen molar-refractivity contribution in [3.8, 4) is 5.75 Å². The maximum Gasteiger partial charge on any atom is 0.236 e. The van der Waals surface area contributed by atoms with Gasteiger partial charge in [-0.3, -0.25) is 9.69 Å². The average molecular weight is 348 g/mol. The van der Waals surface area contributed by atoms with Crippen molar-refractivity contribution in [3.63, 3.8) is 0 Å². The predicted molar refractivity (Wildman–Crippen MR) is 96.1 cm³/mol. The smallest absolute Gasteiger partial charge is 0.236 e. The van der Waals surface area contributed by atoms with Gasteiger partial charge in [-0.25, -0.2) is 4.39 Å². The summed E-state index contributed by atoms with van der Waals surface area (Å²) in [4.78, 5) is 16.8. The molecule has 1 amide bonds. The average Bonchev–Trinajstić information content (AvgIpc) is 2.94. The standard InChI is InChI=1S/C20H29FN2O2/c21-18-7-3-4-8-19(18)25-14-10-17-9-13-23(15-17)20(24)16-22-11-5-1-2-6-12-22/h3-4,7-8,17H,1-2,5-6,9-16H2. The van der Waals surface area contributed by atoms with E-state index in [1.807, 2.05) is 4.90 Å². The maximum atomic E-state index is 13.5. The fourth-order valence-corrected chi connectivity index (χ4v) is 3.78. The molecule has 2 aliphatic rings. The van der Waals surface area contributed by atoms with Crippen molar-refractivity contribution in [2.45, 2.75) is 38.5 Å². The second-order valence-electron chi connectivity index (χ2n) is 7.25. The highest BCUT2D eigenvalue weighted by Gasteiger charge is 2.27. The normalized spacial score (nSPS) is 22.0. The van der Waals surface area contributed by atoms with E-state index in [4.69, 9.17) is 4.74 Å². The molecule has 2 heterocycles. The van der Waals surface area contributed by atoms with Gasteiger partial charge in [0, 0.05) is 13.1 Å². The molecule has 0 aromatic heterocycles. The second kappa shape index (κ2) is 9.18. The number of halogens is 1. The fourth-order valence-electron chi connectivity index (χ4n) is 3.78. The Labute approximate surface area is 149 Å². The molecule has 5 heteroatoms. The van der Waals surface area contributed by atoms with E-state index < -0.39 is 0 Å². The first kappa shape index (κ1) is 18.2. The molecule has 0 bridgehead atoms. The van der Waals surface area contributed by atoms with Crippen molar-refractivity contribution in [1.29, 1.82) is 0 Å². The zero-order valence-electron chi connectivity index (χ0n) is 15.0. The molecule has 0 spiro atoms. The number of likely N-dealkylation sites (tertiary alicyclic amines) is 2. The van der Waals surface area contributed by atoms with Crippen LogP contribution in [0.15, 0.2) is 24.3 Å². The first-order valence-corrected chi connectivity index (χ1v) is 9.60. The number of benzene rings is 1. The first-order chi connectivity index (χ1) is 12.2. The molecule has 2 fully saturated rings. The minimum absolute atomic E-state index is 0.263. The van der Waals surface area contributed by atoms with E-state index in [0.29, 0.717) is 24.8 Å². The number of nitrogens with zero attached hydrogens (tertiary/aromatic N) is 2. The predicted octanol–water partition coefficient (Wildman–Crippen LogP) is 3.32. The molecule has 1 aromatic rings. The van der Waals surface area contributed by atoms with E-state index in [1.165, 1.54) is 31.7 Å². The van der Waals surface area contributed by atoms with Crippen molar-refractivity contribution in [2.24, 2.45) is 5.92 Å². The van der Waals surface area contributed by atoms with Gasteiger partial charge in [0.15, 0.2) is 11.6 Å². The van der Waals surface area contributed by atoms with Gasteiger partial charge in [-0.2, -0.15) is 0 Å². The molecule has 138 valence electrons. The number of para-hydroxylation sites is 1. The molecule has 2 saturated heterocycles. The molecular weight excluding hydrogens is 319 g/mol. The van der Waals surface area contributed by atoms with E-state index in [1.54, 1.807) is 18.2 Å². The van der Waals surface area contributed by atoms with Crippen LogP contribution in [0.5, 0.6) is 5.75 Å². The highest BCUT2D eigenvalue weighted by atomic mass is 19.1. The molecule has 4 nitrogen and oxygen atoms in total. The monoisotopic (exact) mass is 348 g/mol. The van der Waals surface area contributed by atoms with Crippen molar-refractivity contribution in [2.75, 3.05) is 39.3 Å². The number of ether oxygens (including phenoxy) is 1. The summed E-state index contributed by atoms with van der Waals surface area (Å²) in [6, 6.07) is 6.50. The molecule has 1 atom stereocenters. The van der Waals surface area contributed by atoms with Crippen LogP contribution in [-0.2, 0) is 4.79 Å². The van der Waals surface area contributed by atoms with Crippen LogP contribution in [0.3, 0.4) is 0 Å². The Morgan fingerprint density at radius 1 is 1.12 bits per heavy atom. The van der Waals surface area contributed by atoms with Gasteiger partial charge in [0.05, 0.1) is 13.2 Å². The van der Waals surface area contributed by atoms with Crippen LogP contribution in [0.4, 0.5) is 4.39 Å². The second-order valence-corrected chi connectivity index (χ2v) is 7.25. The number of carbonyl (C=O) groups is 1. The summed E-state index contributed by atoms with van der Waals surface area (Å²) >= 11 is 0. The van der Waals surface area contributed by atoms with Gasteiger partial charge >= 0.3 is 0 Å². The Hall–Kier alpha value is -1.62. The lowest BCUT2D eigenvalue weighted by Crippen LogP contribution is -2.39. The Bertz CT molecular complexity index is 558. The summed E-state index contributed by atoms with van der Waals surface area (Å²) in [7, 11) is 0. The lowest BCUT2D eigenvalue weighted by atomic mass is 10.1. The van der Waals surface area contributed by atoms with Crippen LogP contribution in [0.1, 0.15) is 38.5 Å². The summed E-state index contributed by atoms with van der Waals surface area (Å²) in [5.41, 5.74) is 0. The minimum Gasteiger partial charge on any atom is -0.491 e. The number of rotatable bonds is 6. The van der Waals surface area contributed by atoms with Crippen LogP contribution in [0.25, 0.3) is 0 Å². The topological polar surface area (TPSA) is 32.8 Å². The fraction of sp³-hybridized carbons (Fsp3) is 0.650. The zero-order valence-corrected chi connectivity index (χ0v) is 15.0. The van der Waals surface area contributed by atoms with Crippen LogP contribution in [-0.4, -0.2) is 55.0 Å². The van der Waals surface area contributed by atoms with Crippen molar-refractivity contribution in [3.05, 3.63) is 30.1 Å². The zero-order chi connectivity index (χ0) is 17.5. The van der Waals surface area contributed by atoms with Crippen molar-refractivity contribution < 1.29 is 13.9 Å². The molecule has 0 aliphatic carbocycles. The molecule has 1 aromatic carbocycles.